The highest BCUT2D eigenvalue weighted by molar-refractivity contribution is 7.89. The molecular weight excluding hydrogens is 274 g/mol. The molecule has 1 heterocycles. The van der Waals surface area contributed by atoms with E-state index in [-0.39, 0.29) is 16.6 Å². The monoisotopic (exact) mass is 291 g/mol. The zero-order valence-electron chi connectivity index (χ0n) is 11.6. The number of benzene rings is 1. The number of aryl methyl sites for hydroxylation is 1. The number of sulfonamides is 1. The van der Waals surface area contributed by atoms with Crippen molar-refractivity contribution in [3.8, 4) is 0 Å². The number of allylic oxidation sites excluding steroid dienone is 1. The van der Waals surface area contributed by atoms with Crippen LogP contribution in [0.5, 0.6) is 0 Å². The Kier molecular flexibility index (Phi) is 2.97. The van der Waals surface area contributed by atoms with Gasteiger partial charge in [0.2, 0.25) is 0 Å². The van der Waals surface area contributed by atoms with Gasteiger partial charge in [0, 0.05) is 13.0 Å². The molecular formula is C15H17NO3S. The number of ketones is 1. The average Bonchev–Trinajstić information content (AvgIpc) is 2.94. The lowest BCUT2D eigenvalue weighted by atomic mass is 10.0. The third-order valence-corrected chi connectivity index (χ3v) is 5.91. The maximum absolute atomic E-state index is 12.7. The van der Waals surface area contributed by atoms with Gasteiger partial charge in [0.15, 0.2) is 5.78 Å². The molecule has 1 atom stereocenters. The largest absolute Gasteiger partial charge is 0.292 e. The van der Waals surface area contributed by atoms with Crippen LogP contribution in [0.15, 0.2) is 40.4 Å². The molecule has 2 aliphatic rings. The van der Waals surface area contributed by atoms with E-state index in [0.29, 0.717) is 25.1 Å². The van der Waals surface area contributed by atoms with E-state index in [1.165, 1.54) is 4.31 Å². The van der Waals surface area contributed by atoms with Crippen LogP contribution >= 0.6 is 0 Å². The van der Waals surface area contributed by atoms with E-state index in [1.54, 1.807) is 24.3 Å². The quantitative estimate of drug-likeness (QED) is 0.840. The maximum Gasteiger partial charge on any atom is 0.264 e. The summed E-state index contributed by atoms with van der Waals surface area (Å²) >= 11 is 0. The molecule has 1 unspecified atom stereocenters. The second-order valence-corrected chi connectivity index (χ2v) is 7.40. The first-order valence-corrected chi connectivity index (χ1v) is 8.21. The van der Waals surface area contributed by atoms with E-state index in [1.807, 2.05) is 13.8 Å². The van der Waals surface area contributed by atoms with E-state index in [9.17, 15) is 13.2 Å². The van der Waals surface area contributed by atoms with Crippen molar-refractivity contribution in [3.63, 3.8) is 0 Å². The summed E-state index contributed by atoms with van der Waals surface area (Å²) in [5.74, 6) is 0.136. The molecule has 0 radical (unpaired) electrons. The van der Waals surface area contributed by atoms with Crippen molar-refractivity contribution in [2.24, 2.45) is 5.92 Å². The van der Waals surface area contributed by atoms with Gasteiger partial charge < -0.3 is 0 Å². The van der Waals surface area contributed by atoms with Gasteiger partial charge in [-0.25, -0.2) is 8.42 Å². The number of nitrogens with zero attached hydrogens (tertiary/aromatic N) is 1. The van der Waals surface area contributed by atoms with E-state index in [0.717, 1.165) is 11.1 Å². The minimum absolute atomic E-state index is 0.0410. The molecule has 0 spiro atoms. The van der Waals surface area contributed by atoms with E-state index in [2.05, 4.69) is 0 Å². The molecule has 5 heteroatoms. The topological polar surface area (TPSA) is 54.5 Å². The Morgan fingerprint density at radius 3 is 2.50 bits per heavy atom. The Bertz CT molecular complexity index is 701. The number of carbonyl (C=O) groups excluding carboxylic acids is 1. The van der Waals surface area contributed by atoms with Crippen LogP contribution in [0.3, 0.4) is 0 Å². The summed E-state index contributed by atoms with van der Waals surface area (Å²) in [6.07, 6.45) is 1.11. The Morgan fingerprint density at radius 1 is 1.20 bits per heavy atom. The lowest BCUT2D eigenvalue weighted by Gasteiger charge is -2.20. The van der Waals surface area contributed by atoms with Crippen LogP contribution in [0, 0.1) is 12.8 Å². The van der Waals surface area contributed by atoms with Crippen LogP contribution in [0.25, 0.3) is 0 Å². The average molecular weight is 291 g/mol. The molecule has 3 rings (SSSR count). The van der Waals surface area contributed by atoms with Crippen LogP contribution in [0.2, 0.25) is 0 Å². The SMILES string of the molecule is Cc1ccc(S(=O)(=O)N2CCC3=C2C(=O)CC3C)cc1. The summed E-state index contributed by atoms with van der Waals surface area (Å²) in [7, 11) is -3.61. The van der Waals surface area contributed by atoms with Crippen molar-refractivity contribution in [3.05, 3.63) is 41.1 Å². The van der Waals surface area contributed by atoms with Crippen molar-refractivity contribution in [2.45, 2.75) is 31.6 Å². The number of rotatable bonds is 2. The summed E-state index contributed by atoms with van der Waals surface area (Å²) in [5, 5.41) is 0. The second-order valence-electron chi connectivity index (χ2n) is 5.54. The fraction of sp³-hybridized carbons (Fsp3) is 0.400. The van der Waals surface area contributed by atoms with Crippen LogP contribution in [-0.4, -0.2) is 25.1 Å². The second kappa shape index (κ2) is 4.45. The maximum atomic E-state index is 12.7. The highest BCUT2D eigenvalue weighted by Gasteiger charge is 2.42. The van der Waals surface area contributed by atoms with Crippen LogP contribution < -0.4 is 0 Å². The first kappa shape index (κ1) is 13.4. The molecule has 1 aromatic carbocycles. The molecule has 0 bridgehead atoms. The normalized spacial score (nSPS) is 22.6. The zero-order chi connectivity index (χ0) is 14.5. The lowest BCUT2D eigenvalue weighted by Crippen LogP contribution is -2.30. The van der Waals surface area contributed by atoms with E-state index < -0.39 is 10.0 Å². The zero-order valence-corrected chi connectivity index (χ0v) is 12.4. The van der Waals surface area contributed by atoms with Gasteiger partial charge in [-0.05, 0) is 37.0 Å². The summed E-state index contributed by atoms with van der Waals surface area (Å²) in [6.45, 7) is 4.29. The lowest BCUT2D eigenvalue weighted by molar-refractivity contribution is -0.116. The Balaban J connectivity index is 2.03. The van der Waals surface area contributed by atoms with Gasteiger partial charge in [0.25, 0.3) is 10.0 Å². The molecule has 106 valence electrons. The molecule has 20 heavy (non-hydrogen) atoms. The van der Waals surface area contributed by atoms with Gasteiger partial charge in [-0.3, -0.25) is 9.10 Å². The van der Waals surface area contributed by atoms with Gasteiger partial charge >= 0.3 is 0 Å². The molecule has 0 saturated carbocycles. The van der Waals surface area contributed by atoms with Gasteiger partial charge in [-0.15, -0.1) is 0 Å². The van der Waals surface area contributed by atoms with E-state index >= 15 is 0 Å². The predicted octanol–water partition coefficient (Wildman–Crippen LogP) is 2.25. The number of hydrogen-bond donors (Lipinski definition) is 0. The van der Waals surface area contributed by atoms with Gasteiger partial charge in [-0.2, -0.15) is 0 Å². The van der Waals surface area contributed by atoms with Crippen LogP contribution in [-0.2, 0) is 14.8 Å². The van der Waals surface area contributed by atoms with Crippen molar-refractivity contribution < 1.29 is 13.2 Å². The fourth-order valence-corrected chi connectivity index (χ4v) is 4.51. The molecule has 4 nitrogen and oxygen atoms in total. The van der Waals surface area contributed by atoms with Crippen molar-refractivity contribution >= 4 is 15.8 Å². The molecule has 0 aromatic heterocycles. The minimum atomic E-state index is -3.61. The molecule has 1 aliphatic carbocycles. The Morgan fingerprint density at radius 2 is 1.85 bits per heavy atom. The molecule has 0 fully saturated rings. The van der Waals surface area contributed by atoms with Crippen LogP contribution in [0.1, 0.15) is 25.3 Å². The highest BCUT2D eigenvalue weighted by atomic mass is 32.2. The summed E-state index contributed by atoms with van der Waals surface area (Å²) in [6, 6.07) is 6.76. The third kappa shape index (κ3) is 1.88. The molecule has 0 N–H and O–H groups in total. The minimum Gasteiger partial charge on any atom is -0.292 e. The standard InChI is InChI=1S/C15H17NO3S/c1-10-3-5-12(6-4-10)20(18,19)16-8-7-13-11(2)9-14(17)15(13)16/h3-6,11H,7-9H2,1-2H3. The highest BCUT2D eigenvalue weighted by Crippen LogP contribution is 2.40. The number of Topliss-reactive ketones (excluding diaryl/α,β-unsaturated/α-hetero) is 1. The van der Waals surface area contributed by atoms with Crippen LogP contribution in [0.4, 0.5) is 0 Å². The molecule has 0 amide bonds. The van der Waals surface area contributed by atoms with E-state index in [4.69, 9.17) is 0 Å². The summed E-state index contributed by atoms with van der Waals surface area (Å²) in [4.78, 5) is 12.3. The van der Waals surface area contributed by atoms with Gasteiger partial charge in [-0.1, -0.05) is 24.6 Å². The van der Waals surface area contributed by atoms with Crippen molar-refractivity contribution in [1.29, 1.82) is 0 Å². The smallest absolute Gasteiger partial charge is 0.264 e. The molecule has 0 saturated heterocycles. The van der Waals surface area contributed by atoms with Gasteiger partial charge in [0.05, 0.1) is 10.6 Å². The Labute approximate surface area is 119 Å². The Hall–Kier alpha value is -1.62. The predicted molar refractivity (Wildman–Crippen MR) is 75.5 cm³/mol. The number of hydrogen-bond acceptors (Lipinski definition) is 3. The van der Waals surface area contributed by atoms with Crippen molar-refractivity contribution in [2.75, 3.05) is 6.54 Å². The summed E-state index contributed by atoms with van der Waals surface area (Å²) in [5.41, 5.74) is 2.44. The van der Waals surface area contributed by atoms with Crippen molar-refractivity contribution in [1.82, 2.24) is 4.31 Å². The number of carbonyl (C=O) groups is 1. The molecule has 1 aromatic rings. The first-order chi connectivity index (χ1) is 9.41. The summed E-state index contributed by atoms with van der Waals surface area (Å²) < 4.78 is 26.7. The van der Waals surface area contributed by atoms with Gasteiger partial charge in [0.1, 0.15) is 0 Å². The third-order valence-electron chi connectivity index (χ3n) is 4.10. The molecule has 1 aliphatic heterocycles. The fourth-order valence-electron chi connectivity index (χ4n) is 2.99. The first-order valence-electron chi connectivity index (χ1n) is 6.77.